The van der Waals surface area contributed by atoms with Crippen molar-refractivity contribution >= 4 is 73.0 Å². The molecule has 0 bridgehead atoms. The van der Waals surface area contributed by atoms with Gasteiger partial charge in [-0.25, -0.2) is 24.9 Å². The monoisotopic (exact) mass is 848 g/mol. The Bertz CT molecular complexity index is 2690. The van der Waals surface area contributed by atoms with Crippen molar-refractivity contribution in [1.82, 2.24) is 58.1 Å². The normalized spacial score (nSPS) is 15.9. The lowest BCUT2D eigenvalue weighted by Crippen LogP contribution is -2.39. The van der Waals surface area contributed by atoms with Gasteiger partial charge in [0.15, 0.2) is 22.9 Å². The number of aromatic nitrogens is 10. The smallest absolute Gasteiger partial charge is 0.264 e. The number of carbonyl (C=O) groups excluding carboxylic acids is 1. The summed E-state index contributed by atoms with van der Waals surface area (Å²) in [7, 11) is 0. The molecule has 59 heavy (non-hydrogen) atoms. The van der Waals surface area contributed by atoms with Crippen molar-refractivity contribution in [1.29, 1.82) is 0 Å². The van der Waals surface area contributed by atoms with Crippen LogP contribution in [0.1, 0.15) is 64.9 Å². The number of hydrogen-bond donors (Lipinski definition) is 4. The third-order valence-corrected chi connectivity index (χ3v) is 13.0. The Kier molecular flexibility index (Phi) is 11.2. The first kappa shape index (κ1) is 38.9. The summed E-state index contributed by atoms with van der Waals surface area (Å²) in [4.78, 5) is 41.8. The first-order valence-corrected chi connectivity index (χ1v) is 22.1. The lowest BCUT2D eigenvalue weighted by atomic mass is 10.00. The van der Waals surface area contributed by atoms with Crippen LogP contribution in [0, 0.1) is 19.8 Å². The second-order valence-electron chi connectivity index (χ2n) is 15.0. The molecular formula is C40H44N14O2S3. The fourth-order valence-corrected chi connectivity index (χ4v) is 10.0. The molecule has 10 heterocycles. The van der Waals surface area contributed by atoms with Gasteiger partial charge in [-0.2, -0.15) is 9.47 Å². The van der Waals surface area contributed by atoms with Crippen LogP contribution in [0.2, 0.25) is 0 Å². The summed E-state index contributed by atoms with van der Waals surface area (Å²) in [6.45, 7) is 10.8. The number of hydrogen-bond acceptors (Lipinski definition) is 15. The highest BCUT2D eigenvalue weighted by atomic mass is 32.1. The van der Waals surface area contributed by atoms with E-state index in [9.17, 15) is 4.79 Å². The lowest BCUT2D eigenvalue weighted by Gasteiger charge is -2.31. The number of carbonyl (C=O) groups is 1. The molecule has 16 nitrogen and oxygen atoms in total. The highest BCUT2D eigenvalue weighted by Crippen LogP contribution is 2.35. The van der Waals surface area contributed by atoms with E-state index in [0.717, 1.165) is 104 Å². The van der Waals surface area contributed by atoms with E-state index in [0.29, 0.717) is 23.2 Å². The van der Waals surface area contributed by atoms with Gasteiger partial charge in [-0.05, 0) is 87.8 Å². The van der Waals surface area contributed by atoms with Gasteiger partial charge in [-0.15, -0.1) is 22.7 Å². The molecule has 8 aromatic rings. The van der Waals surface area contributed by atoms with Crippen LogP contribution in [-0.4, -0.2) is 95.3 Å². The molecule has 8 aromatic heterocycles. The van der Waals surface area contributed by atoms with Crippen molar-refractivity contribution in [3.63, 3.8) is 0 Å². The Morgan fingerprint density at radius 3 is 2.31 bits per heavy atom. The number of fused-ring (bicyclic) bond motifs is 2. The summed E-state index contributed by atoms with van der Waals surface area (Å²) in [5, 5.41) is 27.4. The molecule has 4 N–H and O–H groups in total. The molecule has 2 fully saturated rings. The molecule has 2 aliphatic rings. The highest BCUT2D eigenvalue weighted by Gasteiger charge is 2.27. The molecule has 0 radical (unpaired) electrons. The van der Waals surface area contributed by atoms with Gasteiger partial charge in [0.25, 0.3) is 5.91 Å². The van der Waals surface area contributed by atoms with Gasteiger partial charge in [0, 0.05) is 55.4 Å². The maximum absolute atomic E-state index is 13.7. The Hall–Kier alpha value is -5.60. The number of rotatable bonds is 10. The Morgan fingerprint density at radius 1 is 0.915 bits per heavy atom. The predicted octanol–water partition coefficient (Wildman–Crippen LogP) is 7.55. The number of nitrogens with zero attached hydrogens (tertiary/aromatic N) is 11. The van der Waals surface area contributed by atoms with Crippen molar-refractivity contribution in [2.24, 2.45) is 5.92 Å². The largest absolute Gasteiger partial charge is 0.390 e. The number of aromatic amines is 1. The minimum absolute atomic E-state index is 0.0770. The summed E-state index contributed by atoms with van der Waals surface area (Å²) < 4.78 is 8.17. The molecule has 1 unspecified atom stereocenters. The SMILES string of the molecule is Cc1cn2c(-c3cn[nH]c3)cnc2c(Nc2cc(CN3CCCC3)c(C(=O)N3CCCC(C)C3)s2)n1.Cc1cn2c(-c3nccs3)cnc2c(Nc2cc(CO)ns2)n1. The number of nitrogens with one attached hydrogen (secondary N) is 3. The fourth-order valence-electron chi connectivity index (χ4n) is 7.66. The fraction of sp³-hybridized carbons (Fsp3) is 0.350. The van der Waals surface area contributed by atoms with Crippen LogP contribution in [0.4, 0.5) is 21.6 Å². The standard InChI is InChI=1S/C26H32N8OS.C14H12N6OS2/c1-17-6-5-9-33(14-17)26(35)23-19(16-32-7-3-4-8-32)10-22(36-23)31-24-25-27-13-21(20-11-28-29-12-20)34(25)15-18(2)30-24;1-8-6-20-10(14-15-2-3-22-14)5-16-13(20)12(17-8)18-11-4-9(7-21)19-23-11/h10-13,15,17H,3-9,14,16H2,1-2H3,(H,28,29)(H,30,31);2-6,21H,7H2,1H3,(H,17,18). The molecule has 19 heteroatoms. The van der Waals surface area contributed by atoms with Crippen LogP contribution in [0.15, 0.2) is 60.9 Å². The molecule has 2 saturated heterocycles. The van der Waals surface area contributed by atoms with Gasteiger partial charge < -0.3 is 20.6 Å². The van der Waals surface area contributed by atoms with E-state index in [1.165, 1.54) is 42.1 Å². The summed E-state index contributed by atoms with van der Waals surface area (Å²) >= 11 is 4.39. The topological polar surface area (TPSA) is 183 Å². The van der Waals surface area contributed by atoms with Gasteiger partial charge >= 0.3 is 0 Å². The molecule has 0 spiro atoms. The Labute approximate surface area is 352 Å². The maximum Gasteiger partial charge on any atom is 0.264 e. The Balaban J connectivity index is 0.000000168. The van der Waals surface area contributed by atoms with Gasteiger partial charge in [0.05, 0.1) is 57.9 Å². The van der Waals surface area contributed by atoms with Crippen molar-refractivity contribution in [2.45, 2.75) is 59.6 Å². The van der Waals surface area contributed by atoms with Crippen LogP contribution in [-0.2, 0) is 13.2 Å². The molecular weight excluding hydrogens is 805 g/mol. The lowest BCUT2D eigenvalue weighted by molar-refractivity contribution is 0.0686. The van der Waals surface area contributed by atoms with Crippen LogP contribution in [0.3, 0.4) is 0 Å². The molecule has 0 aromatic carbocycles. The molecule has 0 aliphatic carbocycles. The van der Waals surface area contributed by atoms with E-state index in [-0.39, 0.29) is 12.5 Å². The predicted molar refractivity (Wildman–Crippen MR) is 232 cm³/mol. The molecule has 2 aliphatic heterocycles. The van der Waals surface area contributed by atoms with E-state index in [1.807, 2.05) is 57.7 Å². The number of piperidine rings is 1. The van der Waals surface area contributed by atoms with Crippen LogP contribution < -0.4 is 10.6 Å². The van der Waals surface area contributed by atoms with E-state index < -0.39 is 0 Å². The molecule has 1 atom stereocenters. The second kappa shape index (κ2) is 16.9. The van der Waals surface area contributed by atoms with Crippen molar-refractivity contribution in [3.05, 3.63) is 88.4 Å². The molecule has 1 amide bonds. The minimum atomic E-state index is -0.0770. The van der Waals surface area contributed by atoms with E-state index in [4.69, 9.17) is 10.1 Å². The minimum Gasteiger partial charge on any atom is -0.390 e. The van der Waals surface area contributed by atoms with Gasteiger partial charge in [-0.3, -0.25) is 23.6 Å². The molecule has 10 rings (SSSR count). The first-order chi connectivity index (χ1) is 28.8. The van der Waals surface area contributed by atoms with E-state index >= 15 is 0 Å². The van der Waals surface area contributed by atoms with Gasteiger partial charge in [0.1, 0.15) is 15.7 Å². The number of thiazole rings is 1. The van der Waals surface area contributed by atoms with Gasteiger partial charge in [-0.1, -0.05) is 6.92 Å². The Morgan fingerprint density at radius 2 is 1.64 bits per heavy atom. The third kappa shape index (κ3) is 8.33. The van der Waals surface area contributed by atoms with Crippen molar-refractivity contribution < 1.29 is 9.90 Å². The average Bonchev–Trinajstić information content (AvgIpc) is 4.07. The zero-order valence-corrected chi connectivity index (χ0v) is 35.4. The summed E-state index contributed by atoms with van der Waals surface area (Å²) in [6, 6.07) is 3.94. The molecule has 304 valence electrons. The number of H-pyrrole nitrogens is 1. The number of imidazole rings is 2. The number of aliphatic hydroxyl groups excluding tert-OH is 1. The zero-order valence-electron chi connectivity index (χ0n) is 32.9. The van der Waals surface area contributed by atoms with Crippen molar-refractivity contribution in [3.8, 4) is 22.0 Å². The number of aryl methyl sites for hydroxylation is 2. The molecule has 0 saturated carbocycles. The van der Waals surface area contributed by atoms with Gasteiger partial charge in [0.2, 0.25) is 0 Å². The van der Waals surface area contributed by atoms with E-state index in [1.54, 1.807) is 36.0 Å². The maximum atomic E-state index is 13.7. The van der Waals surface area contributed by atoms with E-state index in [2.05, 4.69) is 63.0 Å². The first-order valence-electron chi connectivity index (χ1n) is 19.6. The average molecular weight is 849 g/mol. The number of aliphatic hydroxyl groups is 1. The van der Waals surface area contributed by atoms with Crippen LogP contribution >= 0.6 is 34.2 Å². The zero-order chi connectivity index (χ0) is 40.5. The third-order valence-electron chi connectivity index (χ3n) is 10.4. The van der Waals surface area contributed by atoms with Crippen molar-refractivity contribution in [2.75, 3.05) is 36.8 Å². The van der Waals surface area contributed by atoms with Crippen LogP contribution in [0.5, 0.6) is 0 Å². The number of amides is 1. The van der Waals surface area contributed by atoms with Crippen LogP contribution in [0.25, 0.3) is 33.3 Å². The second-order valence-corrected chi connectivity index (χ2v) is 17.7. The highest BCUT2D eigenvalue weighted by molar-refractivity contribution is 7.18. The summed E-state index contributed by atoms with van der Waals surface area (Å²) in [5.41, 5.74) is 7.79. The number of thiophene rings is 1. The summed E-state index contributed by atoms with van der Waals surface area (Å²) in [6.07, 6.45) is 17.7. The number of anilines is 4. The summed E-state index contributed by atoms with van der Waals surface area (Å²) in [5.74, 6) is 2.06. The quantitative estimate of drug-likeness (QED) is 0.106. The number of likely N-dealkylation sites (tertiary alicyclic amines) is 2.